The number of rotatable bonds is 3. The van der Waals surface area contributed by atoms with Gasteiger partial charge in [0.05, 0.1) is 11.6 Å². The molecule has 0 radical (unpaired) electrons. The molecule has 0 atom stereocenters. The van der Waals surface area contributed by atoms with Gasteiger partial charge in [0.2, 0.25) is 0 Å². The molecule has 3 heterocycles. The summed E-state index contributed by atoms with van der Waals surface area (Å²) in [5.74, 6) is -0.235. The molecule has 6 heteroatoms. The number of fused-ring (bicyclic) bond motifs is 1. The lowest BCUT2D eigenvalue weighted by Crippen LogP contribution is -2.43. The molecule has 3 aromatic rings. The van der Waals surface area contributed by atoms with Crippen LogP contribution in [-0.4, -0.2) is 37.1 Å². The SMILES string of the molecule is Cc1cc(NC(=O)c2nccc3occc23)ccc1N1CCNCC1. The minimum absolute atomic E-state index is 0.235. The number of hydrogen-bond donors (Lipinski definition) is 2. The Hall–Kier alpha value is -2.86. The molecule has 0 bridgehead atoms. The number of aromatic nitrogens is 1. The van der Waals surface area contributed by atoms with Gasteiger partial charge in [-0.05, 0) is 42.8 Å². The predicted molar refractivity (Wildman–Crippen MR) is 98.2 cm³/mol. The summed E-state index contributed by atoms with van der Waals surface area (Å²) < 4.78 is 5.33. The number of carbonyl (C=O) groups is 1. The van der Waals surface area contributed by atoms with E-state index in [-0.39, 0.29) is 5.91 Å². The summed E-state index contributed by atoms with van der Waals surface area (Å²) in [5.41, 5.74) is 4.16. The van der Waals surface area contributed by atoms with E-state index in [4.69, 9.17) is 4.42 Å². The van der Waals surface area contributed by atoms with E-state index in [1.54, 1.807) is 24.6 Å². The topological polar surface area (TPSA) is 70.4 Å². The second-order valence-electron chi connectivity index (χ2n) is 6.18. The fourth-order valence-electron chi connectivity index (χ4n) is 3.26. The van der Waals surface area contributed by atoms with Gasteiger partial charge in [0.15, 0.2) is 0 Å². The molecule has 1 aromatic carbocycles. The highest BCUT2D eigenvalue weighted by Crippen LogP contribution is 2.25. The largest absolute Gasteiger partial charge is 0.464 e. The van der Waals surface area contributed by atoms with Gasteiger partial charge in [-0.1, -0.05) is 0 Å². The van der Waals surface area contributed by atoms with Gasteiger partial charge in [0.1, 0.15) is 11.3 Å². The molecule has 1 aliphatic heterocycles. The molecule has 0 spiro atoms. The smallest absolute Gasteiger partial charge is 0.275 e. The zero-order valence-electron chi connectivity index (χ0n) is 14.1. The number of nitrogens with zero attached hydrogens (tertiary/aromatic N) is 2. The first-order valence-electron chi connectivity index (χ1n) is 8.42. The number of piperazine rings is 1. The Morgan fingerprint density at radius 2 is 2.08 bits per heavy atom. The van der Waals surface area contributed by atoms with Gasteiger partial charge >= 0.3 is 0 Å². The average Bonchev–Trinajstić information content (AvgIpc) is 3.11. The van der Waals surface area contributed by atoms with Crippen LogP contribution in [0.15, 0.2) is 47.2 Å². The lowest BCUT2D eigenvalue weighted by Gasteiger charge is -2.30. The molecule has 1 saturated heterocycles. The number of hydrogen-bond acceptors (Lipinski definition) is 5. The first-order chi connectivity index (χ1) is 12.2. The number of benzene rings is 1. The van der Waals surface area contributed by atoms with Crippen molar-refractivity contribution in [3.05, 3.63) is 54.0 Å². The average molecular weight is 336 g/mol. The highest BCUT2D eigenvalue weighted by atomic mass is 16.3. The van der Waals surface area contributed by atoms with Gasteiger partial charge in [-0.15, -0.1) is 0 Å². The van der Waals surface area contributed by atoms with Crippen LogP contribution in [0, 0.1) is 6.92 Å². The molecule has 1 fully saturated rings. The molecule has 0 aliphatic carbocycles. The highest BCUT2D eigenvalue weighted by Gasteiger charge is 2.16. The number of furan rings is 1. The highest BCUT2D eigenvalue weighted by molar-refractivity contribution is 6.10. The Morgan fingerprint density at radius 3 is 2.88 bits per heavy atom. The maximum atomic E-state index is 12.6. The Kier molecular flexibility index (Phi) is 4.11. The van der Waals surface area contributed by atoms with Gasteiger partial charge in [-0.2, -0.15) is 0 Å². The van der Waals surface area contributed by atoms with Crippen LogP contribution >= 0.6 is 0 Å². The van der Waals surface area contributed by atoms with Gasteiger partial charge < -0.3 is 20.0 Å². The lowest BCUT2D eigenvalue weighted by atomic mass is 10.1. The van der Waals surface area contributed by atoms with E-state index in [0.29, 0.717) is 16.7 Å². The maximum Gasteiger partial charge on any atom is 0.275 e. The van der Waals surface area contributed by atoms with E-state index in [0.717, 1.165) is 37.4 Å². The van der Waals surface area contributed by atoms with Crippen molar-refractivity contribution >= 4 is 28.3 Å². The summed E-state index contributed by atoms with van der Waals surface area (Å²) >= 11 is 0. The molecular formula is C19H20N4O2. The molecule has 1 aliphatic rings. The molecule has 0 saturated carbocycles. The molecule has 6 nitrogen and oxygen atoms in total. The molecule has 4 rings (SSSR count). The Labute approximate surface area is 145 Å². The number of amides is 1. The van der Waals surface area contributed by atoms with Crippen molar-refractivity contribution < 1.29 is 9.21 Å². The van der Waals surface area contributed by atoms with E-state index in [1.807, 2.05) is 12.1 Å². The van der Waals surface area contributed by atoms with Crippen LogP contribution in [0.3, 0.4) is 0 Å². The van der Waals surface area contributed by atoms with Crippen LogP contribution in [0.25, 0.3) is 11.0 Å². The van der Waals surface area contributed by atoms with Crippen molar-refractivity contribution in [2.75, 3.05) is 36.4 Å². The molecule has 2 N–H and O–H groups in total. The van der Waals surface area contributed by atoms with Crippen molar-refractivity contribution in [3.8, 4) is 0 Å². The third-order valence-electron chi connectivity index (χ3n) is 4.51. The van der Waals surface area contributed by atoms with Crippen molar-refractivity contribution in [2.45, 2.75) is 6.92 Å². The second-order valence-corrected chi connectivity index (χ2v) is 6.18. The van der Waals surface area contributed by atoms with Crippen LogP contribution in [0.1, 0.15) is 16.1 Å². The quantitative estimate of drug-likeness (QED) is 0.770. The van der Waals surface area contributed by atoms with Crippen LogP contribution in [0.5, 0.6) is 0 Å². The third kappa shape index (κ3) is 3.08. The zero-order chi connectivity index (χ0) is 17.2. The van der Waals surface area contributed by atoms with Gasteiger partial charge in [-0.3, -0.25) is 9.78 Å². The van der Waals surface area contributed by atoms with Crippen LogP contribution in [0.2, 0.25) is 0 Å². The number of anilines is 2. The van der Waals surface area contributed by atoms with Gasteiger partial charge in [0.25, 0.3) is 5.91 Å². The zero-order valence-corrected chi connectivity index (χ0v) is 14.1. The van der Waals surface area contributed by atoms with Crippen molar-refractivity contribution in [1.82, 2.24) is 10.3 Å². The number of pyridine rings is 1. The summed E-state index contributed by atoms with van der Waals surface area (Å²) in [6.07, 6.45) is 3.15. The normalized spacial score (nSPS) is 14.7. The molecule has 0 unspecified atom stereocenters. The van der Waals surface area contributed by atoms with Crippen LogP contribution in [-0.2, 0) is 0 Å². The monoisotopic (exact) mass is 336 g/mol. The number of nitrogens with one attached hydrogen (secondary N) is 2. The van der Waals surface area contributed by atoms with E-state index in [9.17, 15) is 4.79 Å². The van der Waals surface area contributed by atoms with Gasteiger partial charge in [0, 0.05) is 43.8 Å². The molecular weight excluding hydrogens is 316 g/mol. The van der Waals surface area contributed by atoms with Crippen molar-refractivity contribution in [3.63, 3.8) is 0 Å². The minimum atomic E-state index is -0.235. The van der Waals surface area contributed by atoms with E-state index in [2.05, 4.69) is 33.5 Å². The molecule has 1 amide bonds. The number of aryl methyl sites for hydroxylation is 1. The van der Waals surface area contributed by atoms with E-state index in [1.165, 1.54) is 5.69 Å². The fraction of sp³-hybridized carbons (Fsp3) is 0.263. The van der Waals surface area contributed by atoms with Crippen molar-refractivity contribution in [2.24, 2.45) is 0 Å². The first kappa shape index (κ1) is 15.7. The summed E-state index contributed by atoms with van der Waals surface area (Å²) in [7, 11) is 0. The van der Waals surface area contributed by atoms with Crippen LogP contribution < -0.4 is 15.5 Å². The van der Waals surface area contributed by atoms with Crippen molar-refractivity contribution in [1.29, 1.82) is 0 Å². The summed E-state index contributed by atoms with van der Waals surface area (Å²) in [5, 5.41) is 7.01. The minimum Gasteiger partial charge on any atom is -0.464 e. The second kappa shape index (κ2) is 6.57. The number of carbonyl (C=O) groups excluding carboxylic acids is 1. The Bertz CT molecular complexity index is 913. The molecule has 2 aromatic heterocycles. The Morgan fingerprint density at radius 1 is 1.24 bits per heavy atom. The molecule has 25 heavy (non-hydrogen) atoms. The summed E-state index contributed by atoms with van der Waals surface area (Å²) in [6.45, 7) is 6.07. The van der Waals surface area contributed by atoms with Gasteiger partial charge in [-0.25, -0.2) is 0 Å². The summed E-state index contributed by atoms with van der Waals surface area (Å²) in [6, 6.07) is 9.53. The summed E-state index contributed by atoms with van der Waals surface area (Å²) in [4.78, 5) is 19.2. The predicted octanol–water partition coefficient (Wildman–Crippen LogP) is 2.80. The van der Waals surface area contributed by atoms with E-state index < -0.39 is 0 Å². The lowest BCUT2D eigenvalue weighted by molar-refractivity contribution is 0.102. The van der Waals surface area contributed by atoms with E-state index >= 15 is 0 Å². The third-order valence-corrected chi connectivity index (χ3v) is 4.51. The standard InChI is InChI=1S/C19H20N4O2/c1-13-12-14(2-3-16(13)23-9-7-20-8-10-23)22-19(24)18-15-5-11-25-17(15)4-6-21-18/h2-6,11-12,20H,7-10H2,1H3,(H,22,24). The fourth-order valence-corrected chi connectivity index (χ4v) is 3.26. The van der Waals surface area contributed by atoms with Crippen LogP contribution in [0.4, 0.5) is 11.4 Å². The Balaban J connectivity index is 1.55. The molecule has 128 valence electrons. The maximum absolute atomic E-state index is 12.6. The first-order valence-corrected chi connectivity index (χ1v) is 8.42.